The molecule has 9 heteroatoms. The second kappa shape index (κ2) is 8.75. The van der Waals surface area contributed by atoms with Gasteiger partial charge < -0.3 is 4.42 Å². The molecule has 2 heterocycles. The van der Waals surface area contributed by atoms with Crippen molar-refractivity contribution in [2.24, 2.45) is 10.2 Å². The van der Waals surface area contributed by atoms with Crippen molar-refractivity contribution in [1.82, 2.24) is 0 Å². The summed E-state index contributed by atoms with van der Waals surface area (Å²) < 4.78 is 5.20. The first-order valence-corrected chi connectivity index (χ1v) is 9.93. The predicted molar refractivity (Wildman–Crippen MR) is 116 cm³/mol. The van der Waals surface area contributed by atoms with Crippen LogP contribution in [0.4, 0.5) is 11.4 Å². The Balaban J connectivity index is 1.61. The molecule has 1 atom stereocenters. The number of furan rings is 1. The van der Waals surface area contributed by atoms with Crippen molar-refractivity contribution in [1.29, 1.82) is 0 Å². The molecule has 1 amide bonds. The number of rotatable bonds is 6. The average molecular weight is 420 g/mol. The summed E-state index contributed by atoms with van der Waals surface area (Å²) in [6, 6.07) is 19.0. The Morgan fingerprint density at radius 2 is 1.97 bits per heavy atom. The summed E-state index contributed by atoms with van der Waals surface area (Å²) in [5, 5.41) is 19.3. The smallest absolute Gasteiger partial charge is 0.269 e. The Kier molecular flexibility index (Phi) is 5.71. The molecule has 1 saturated heterocycles. The minimum Gasteiger partial charge on any atom is -0.463 e. The first kappa shape index (κ1) is 19.6. The van der Waals surface area contributed by atoms with Gasteiger partial charge in [0.15, 0.2) is 5.17 Å². The SMILES string of the molecule is O=C1C(Cc2cccc([N+](=O)[O-])c2)S/C(=N/N=C/c2ccco2)N1c1ccccc1. The molecule has 1 aliphatic heterocycles. The summed E-state index contributed by atoms with van der Waals surface area (Å²) in [4.78, 5) is 25.3. The molecule has 0 radical (unpaired) electrons. The Morgan fingerprint density at radius 1 is 1.13 bits per heavy atom. The second-order valence-electron chi connectivity index (χ2n) is 6.39. The summed E-state index contributed by atoms with van der Waals surface area (Å²) in [6.45, 7) is 0. The molecule has 0 aliphatic carbocycles. The standard InChI is InChI=1S/C21H16N4O4S/c26-20-19(13-15-6-4-9-17(12-15)25(27)28)30-21(23-22-14-18-10-5-11-29-18)24(20)16-7-2-1-3-8-16/h1-12,14,19H,13H2/b22-14+,23-21+. The van der Waals surface area contributed by atoms with Crippen LogP contribution in [0.15, 0.2) is 87.6 Å². The van der Waals surface area contributed by atoms with E-state index in [1.807, 2.05) is 30.3 Å². The van der Waals surface area contributed by atoms with Gasteiger partial charge in [0.1, 0.15) is 5.76 Å². The summed E-state index contributed by atoms with van der Waals surface area (Å²) in [6.07, 6.45) is 3.35. The molecule has 0 spiro atoms. The van der Waals surface area contributed by atoms with Crippen LogP contribution in [-0.2, 0) is 11.2 Å². The maximum atomic E-state index is 13.2. The molecule has 0 bridgehead atoms. The molecule has 150 valence electrons. The zero-order valence-corrected chi connectivity index (χ0v) is 16.4. The molecule has 1 aromatic heterocycles. The van der Waals surface area contributed by atoms with Gasteiger partial charge in [-0.15, -0.1) is 5.10 Å². The van der Waals surface area contributed by atoms with E-state index in [9.17, 15) is 14.9 Å². The molecule has 8 nitrogen and oxygen atoms in total. The van der Waals surface area contributed by atoms with Crippen LogP contribution in [0, 0.1) is 10.1 Å². The van der Waals surface area contributed by atoms with Gasteiger partial charge in [-0.1, -0.05) is 42.1 Å². The third kappa shape index (κ3) is 4.31. The molecule has 4 rings (SSSR count). The number of anilines is 1. The van der Waals surface area contributed by atoms with E-state index in [0.29, 0.717) is 28.6 Å². The van der Waals surface area contributed by atoms with Gasteiger partial charge in [-0.05, 0) is 36.2 Å². The maximum Gasteiger partial charge on any atom is 0.269 e. The van der Waals surface area contributed by atoms with E-state index >= 15 is 0 Å². The van der Waals surface area contributed by atoms with Gasteiger partial charge in [-0.3, -0.25) is 19.8 Å². The summed E-state index contributed by atoms with van der Waals surface area (Å²) >= 11 is 1.28. The largest absolute Gasteiger partial charge is 0.463 e. The number of non-ortho nitro benzene ring substituents is 1. The quantitative estimate of drug-likeness (QED) is 0.337. The van der Waals surface area contributed by atoms with Gasteiger partial charge in [0.2, 0.25) is 5.91 Å². The van der Waals surface area contributed by atoms with Crippen LogP contribution in [0.2, 0.25) is 0 Å². The number of para-hydroxylation sites is 1. The highest BCUT2D eigenvalue weighted by Crippen LogP contribution is 2.34. The average Bonchev–Trinajstić information content (AvgIpc) is 3.37. The van der Waals surface area contributed by atoms with Crippen LogP contribution in [0.25, 0.3) is 0 Å². The van der Waals surface area contributed by atoms with Crippen molar-refractivity contribution in [3.8, 4) is 0 Å². The van der Waals surface area contributed by atoms with E-state index in [1.165, 1.54) is 41.3 Å². The lowest BCUT2D eigenvalue weighted by atomic mass is 10.1. The van der Waals surface area contributed by atoms with E-state index in [4.69, 9.17) is 4.42 Å². The molecule has 1 fully saturated rings. The second-order valence-corrected chi connectivity index (χ2v) is 7.56. The van der Waals surface area contributed by atoms with Crippen molar-refractivity contribution in [3.63, 3.8) is 0 Å². The van der Waals surface area contributed by atoms with E-state index in [1.54, 1.807) is 24.3 Å². The fourth-order valence-electron chi connectivity index (χ4n) is 2.99. The Bertz CT molecular complexity index is 1110. The number of nitro benzene ring substituents is 1. The van der Waals surface area contributed by atoms with Crippen LogP contribution in [0.1, 0.15) is 11.3 Å². The Labute approximate surface area is 176 Å². The highest BCUT2D eigenvalue weighted by Gasteiger charge is 2.39. The van der Waals surface area contributed by atoms with Gasteiger partial charge in [0, 0.05) is 12.1 Å². The highest BCUT2D eigenvalue weighted by atomic mass is 32.2. The number of carbonyl (C=O) groups is 1. The van der Waals surface area contributed by atoms with E-state index in [0.717, 1.165) is 0 Å². The fourth-order valence-corrected chi connectivity index (χ4v) is 4.12. The number of benzene rings is 2. The fraction of sp³-hybridized carbons (Fsp3) is 0.0952. The zero-order chi connectivity index (χ0) is 20.9. The lowest BCUT2D eigenvalue weighted by molar-refractivity contribution is -0.384. The molecule has 3 aromatic rings. The predicted octanol–water partition coefficient (Wildman–Crippen LogP) is 4.27. The summed E-state index contributed by atoms with van der Waals surface area (Å²) in [7, 11) is 0. The number of thioether (sulfide) groups is 1. The van der Waals surface area contributed by atoms with Crippen molar-refractivity contribution in [3.05, 3.63) is 94.4 Å². The van der Waals surface area contributed by atoms with Crippen molar-refractivity contribution in [2.75, 3.05) is 4.90 Å². The van der Waals surface area contributed by atoms with Gasteiger partial charge in [0.25, 0.3) is 5.69 Å². The molecular weight excluding hydrogens is 404 g/mol. The highest BCUT2D eigenvalue weighted by molar-refractivity contribution is 8.16. The minimum atomic E-state index is -0.468. The molecular formula is C21H16N4O4S. The minimum absolute atomic E-state index is 0.000185. The Morgan fingerprint density at radius 3 is 2.70 bits per heavy atom. The van der Waals surface area contributed by atoms with Gasteiger partial charge in [0.05, 0.1) is 28.3 Å². The lowest BCUT2D eigenvalue weighted by Gasteiger charge is -2.15. The monoisotopic (exact) mass is 420 g/mol. The van der Waals surface area contributed by atoms with E-state index in [-0.39, 0.29) is 11.6 Å². The van der Waals surface area contributed by atoms with Crippen LogP contribution in [-0.4, -0.2) is 27.5 Å². The molecule has 1 aliphatic rings. The molecule has 2 aromatic carbocycles. The number of nitrogens with zero attached hydrogens (tertiary/aromatic N) is 4. The normalized spacial score (nSPS) is 17.9. The summed E-state index contributed by atoms with van der Waals surface area (Å²) in [5.74, 6) is 0.401. The third-order valence-corrected chi connectivity index (χ3v) is 5.49. The number of carbonyl (C=O) groups excluding carboxylic acids is 1. The third-order valence-electron chi connectivity index (χ3n) is 4.36. The molecule has 30 heavy (non-hydrogen) atoms. The zero-order valence-electron chi connectivity index (χ0n) is 15.6. The van der Waals surface area contributed by atoms with Gasteiger partial charge in [-0.2, -0.15) is 5.10 Å². The lowest BCUT2D eigenvalue weighted by Crippen LogP contribution is -2.32. The van der Waals surface area contributed by atoms with Gasteiger partial charge in [-0.25, -0.2) is 0 Å². The maximum absolute atomic E-state index is 13.2. The van der Waals surface area contributed by atoms with Crippen LogP contribution < -0.4 is 4.90 Å². The van der Waals surface area contributed by atoms with E-state index < -0.39 is 10.2 Å². The number of amides is 1. The van der Waals surface area contributed by atoms with Crippen LogP contribution >= 0.6 is 11.8 Å². The van der Waals surface area contributed by atoms with Crippen molar-refractivity contribution < 1.29 is 14.1 Å². The first-order valence-electron chi connectivity index (χ1n) is 9.05. The van der Waals surface area contributed by atoms with Crippen molar-refractivity contribution in [2.45, 2.75) is 11.7 Å². The number of amidine groups is 1. The van der Waals surface area contributed by atoms with Crippen LogP contribution in [0.5, 0.6) is 0 Å². The number of nitro groups is 1. The van der Waals surface area contributed by atoms with E-state index in [2.05, 4.69) is 10.2 Å². The summed E-state index contributed by atoms with van der Waals surface area (Å²) in [5.41, 5.74) is 1.40. The van der Waals surface area contributed by atoms with Gasteiger partial charge >= 0.3 is 0 Å². The first-order chi connectivity index (χ1) is 14.6. The van der Waals surface area contributed by atoms with Crippen LogP contribution in [0.3, 0.4) is 0 Å². The number of hydrogen-bond donors (Lipinski definition) is 0. The molecule has 1 unspecified atom stereocenters. The molecule has 0 N–H and O–H groups in total. The number of hydrogen-bond acceptors (Lipinski definition) is 7. The van der Waals surface area contributed by atoms with Crippen molar-refractivity contribution >= 4 is 40.4 Å². The topological polar surface area (TPSA) is 101 Å². The molecule has 0 saturated carbocycles. The Hall–Kier alpha value is -3.72.